The summed E-state index contributed by atoms with van der Waals surface area (Å²) in [4.78, 5) is 24.8. The minimum absolute atomic E-state index is 0.222. The summed E-state index contributed by atoms with van der Waals surface area (Å²) >= 11 is 3.55. The molecule has 0 spiro atoms. The third kappa shape index (κ3) is 2.84. The molecular formula is C19H17BrO4. The molecule has 0 radical (unpaired) electrons. The zero-order valence-electron chi connectivity index (χ0n) is 13.2. The highest BCUT2D eigenvalue weighted by Gasteiger charge is 2.55. The van der Waals surface area contributed by atoms with Crippen molar-refractivity contribution < 1.29 is 19.1 Å². The molecule has 1 aliphatic carbocycles. The topological polar surface area (TPSA) is 52.6 Å². The molecule has 24 heavy (non-hydrogen) atoms. The summed E-state index contributed by atoms with van der Waals surface area (Å²) < 4.78 is 11.0. The van der Waals surface area contributed by atoms with E-state index in [4.69, 9.17) is 9.47 Å². The van der Waals surface area contributed by atoms with E-state index in [1.165, 1.54) is 0 Å². The molecule has 0 heterocycles. The van der Waals surface area contributed by atoms with Crippen LogP contribution in [0.25, 0.3) is 0 Å². The summed E-state index contributed by atoms with van der Waals surface area (Å²) in [6.07, 6.45) is 0.288. The Hall–Kier alpha value is -2.14. The van der Waals surface area contributed by atoms with E-state index in [1.807, 2.05) is 30.3 Å². The van der Waals surface area contributed by atoms with Crippen molar-refractivity contribution in [3.8, 4) is 0 Å². The van der Waals surface area contributed by atoms with Gasteiger partial charge in [0.15, 0.2) is 0 Å². The molecule has 5 heteroatoms. The summed E-state index contributed by atoms with van der Waals surface area (Å²) in [5.74, 6) is -1.08. The number of alkyl halides is 1. The second-order valence-electron chi connectivity index (χ2n) is 5.60. The molecule has 0 amide bonds. The Kier molecular flexibility index (Phi) is 4.71. The Morgan fingerprint density at radius 1 is 1.12 bits per heavy atom. The number of carbonyl (C=O) groups excluding carboxylic acids is 2. The van der Waals surface area contributed by atoms with Crippen LogP contribution in [0.15, 0.2) is 54.6 Å². The normalized spacial score (nSPS) is 21.8. The first-order chi connectivity index (χ1) is 11.6. The number of hydrogen-bond acceptors (Lipinski definition) is 4. The highest BCUT2D eigenvalue weighted by atomic mass is 79.9. The van der Waals surface area contributed by atoms with Gasteiger partial charge in [-0.3, -0.25) is 0 Å². The number of ether oxygens (including phenoxy) is 2. The van der Waals surface area contributed by atoms with Crippen LogP contribution in [0.5, 0.6) is 0 Å². The average Bonchev–Trinajstić information content (AvgIpc) is 2.89. The van der Waals surface area contributed by atoms with E-state index in [0.29, 0.717) is 5.56 Å². The van der Waals surface area contributed by atoms with Gasteiger partial charge in [0, 0.05) is 6.42 Å². The fourth-order valence-electron chi connectivity index (χ4n) is 2.92. The van der Waals surface area contributed by atoms with E-state index < -0.39 is 22.4 Å². The summed E-state index contributed by atoms with van der Waals surface area (Å²) in [6, 6.07) is 16.3. The van der Waals surface area contributed by atoms with Crippen LogP contribution in [0.3, 0.4) is 0 Å². The van der Waals surface area contributed by atoms with Crippen LogP contribution >= 0.6 is 15.9 Å². The van der Waals surface area contributed by atoms with Crippen LogP contribution in [0, 0.1) is 0 Å². The second kappa shape index (κ2) is 6.77. The van der Waals surface area contributed by atoms with Crippen LogP contribution in [0.2, 0.25) is 0 Å². The maximum absolute atomic E-state index is 12.7. The fraction of sp³-hybridized carbons (Fsp3) is 0.263. The van der Waals surface area contributed by atoms with Crippen LogP contribution in [0.1, 0.15) is 33.2 Å². The quantitative estimate of drug-likeness (QED) is 0.589. The molecule has 3 rings (SSSR count). The van der Waals surface area contributed by atoms with Crippen LogP contribution in [-0.4, -0.2) is 24.1 Å². The van der Waals surface area contributed by atoms with E-state index in [-0.39, 0.29) is 13.0 Å². The highest BCUT2D eigenvalue weighted by molar-refractivity contribution is 9.09. The van der Waals surface area contributed by atoms with Gasteiger partial charge in [-0.1, -0.05) is 58.4 Å². The van der Waals surface area contributed by atoms with Crippen molar-refractivity contribution in [2.75, 3.05) is 6.61 Å². The zero-order chi connectivity index (χ0) is 17.2. The van der Waals surface area contributed by atoms with Crippen molar-refractivity contribution in [1.29, 1.82) is 0 Å². The molecule has 0 bridgehead atoms. The number of carbonyl (C=O) groups is 2. The molecule has 0 aromatic heterocycles. The number of hydrogen-bond donors (Lipinski definition) is 0. The molecule has 0 N–H and O–H groups in total. The van der Waals surface area contributed by atoms with Gasteiger partial charge in [0.05, 0.1) is 17.0 Å². The molecule has 2 aromatic carbocycles. The Morgan fingerprint density at radius 2 is 1.79 bits per heavy atom. The first-order valence-electron chi connectivity index (χ1n) is 7.76. The lowest BCUT2D eigenvalue weighted by molar-refractivity contribution is -0.164. The number of esters is 2. The maximum Gasteiger partial charge on any atom is 0.352 e. The standard InChI is InChI=1S/C19H17BrO4/c1-2-23-18(22)19(24-17(21)13-8-4-3-5-9-13)12-14-10-6-7-11-15(14)16(19)20/h3-11,16H,2,12H2,1H3/t16-,19-/m0/s1. The van der Waals surface area contributed by atoms with Crippen molar-refractivity contribution in [2.24, 2.45) is 0 Å². The zero-order valence-corrected chi connectivity index (χ0v) is 14.8. The van der Waals surface area contributed by atoms with Gasteiger partial charge < -0.3 is 9.47 Å². The van der Waals surface area contributed by atoms with Gasteiger partial charge in [0.25, 0.3) is 0 Å². The van der Waals surface area contributed by atoms with E-state index in [2.05, 4.69) is 15.9 Å². The van der Waals surface area contributed by atoms with Crippen molar-refractivity contribution in [2.45, 2.75) is 23.8 Å². The van der Waals surface area contributed by atoms with Crippen molar-refractivity contribution >= 4 is 27.9 Å². The number of benzene rings is 2. The smallest absolute Gasteiger partial charge is 0.352 e. The molecule has 1 aliphatic rings. The van der Waals surface area contributed by atoms with Crippen LogP contribution in [-0.2, 0) is 20.7 Å². The number of fused-ring (bicyclic) bond motifs is 1. The Labute approximate surface area is 148 Å². The minimum atomic E-state index is -1.40. The summed E-state index contributed by atoms with van der Waals surface area (Å²) in [5, 5.41) is 0. The van der Waals surface area contributed by atoms with Crippen LogP contribution < -0.4 is 0 Å². The largest absolute Gasteiger partial charge is 0.463 e. The second-order valence-corrected chi connectivity index (χ2v) is 6.52. The summed E-state index contributed by atoms with van der Waals surface area (Å²) in [7, 11) is 0. The fourth-order valence-corrected chi connectivity index (χ4v) is 3.81. The molecule has 2 aromatic rings. The Morgan fingerprint density at radius 3 is 2.46 bits per heavy atom. The molecule has 0 aliphatic heterocycles. The van der Waals surface area contributed by atoms with Gasteiger partial charge in [-0.25, -0.2) is 9.59 Å². The van der Waals surface area contributed by atoms with Gasteiger partial charge in [-0.2, -0.15) is 0 Å². The van der Waals surface area contributed by atoms with E-state index in [1.54, 1.807) is 31.2 Å². The third-order valence-electron chi connectivity index (χ3n) is 4.10. The Balaban J connectivity index is 1.97. The third-order valence-corrected chi connectivity index (χ3v) is 5.33. The monoisotopic (exact) mass is 388 g/mol. The molecular weight excluding hydrogens is 372 g/mol. The van der Waals surface area contributed by atoms with Crippen molar-refractivity contribution in [1.82, 2.24) is 0 Å². The van der Waals surface area contributed by atoms with Gasteiger partial charge in [-0.05, 0) is 30.2 Å². The molecule has 0 saturated heterocycles. The van der Waals surface area contributed by atoms with Crippen molar-refractivity contribution in [3.63, 3.8) is 0 Å². The SMILES string of the molecule is CCOC(=O)[C@]1(OC(=O)c2ccccc2)Cc2ccccc2[C@@H]1Br. The lowest BCUT2D eigenvalue weighted by atomic mass is 9.99. The van der Waals surface area contributed by atoms with Crippen LogP contribution in [0.4, 0.5) is 0 Å². The highest BCUT2D eigenvalue weighted by Crippen LogP contribution is 2.48. The first-order valence-corrected chi connectivity index (χ1v) is 8.67. The molecule has 2 atom stereocenters. The minimum Gasteiger partial charge on any atom is -0.463 e. The molecule has 0 unspecified atom stereocenters. The number of rotatable bonds is 4. The van der Waals surface area contributed by atoms with E-state index in [0.717, 1.165) is 11.1 Å². The predicted octanol–water partition coefficient (Wildman–Crippen LogP) is 3.84. The molecule has 0 fully saturated rings. The Bertz CT molecular complexity index is 759. The van der Waals surface area contributed by atoms with Gasteiger partial charge >= 0.3 is 11.9 Å². The van der Waals surface area contributed by atoms with E-state index in [9.17, 15) is 9.59 Å². The van der Waals surface area contributed by atoms with Gasteiger partial charge in [0.1, 0.15) is 0 Å². The first kappa shape index (κ1) is 16.7. The van der Waals surface area contributed by atoms with Crippen molar-refractivity contribution in [3.05, 3.63) is 71.3 Å². The predicted molar refractivity (Wildman–Crippen MR) is 93.0 cm³/mol. The molecule has 0 saturated carbocycles. The average molecular weight is 389 g/mol. The lowest BCUT2D eigenvalue weighted by Crippen LogP contribution is -2.46. The van der Waals surface area contributed by atoms with Gasteiger partial charge in [0.2, 0.25) is 5.60 Å². The maximum atomic E-state index is 12.7. The summed E-state index contributed by atoms with van der Waals surface area (Å²) in [6.45, 7) is 1.95. The summed E-state index contributed by atoms with van der Waals surface area (Å²) in [5.41, 5.74) is 0.906. The number of halogens is 1. The molecule has 124 valence electrons. The van der Waals surface area contributed by atoms with E-state index >= 15 is 0 Å². The van der Waals surface area contributed by atoms with Gasteiger partial charge in [-0.15, -0.1) is 0 Å². The lowest BCUT2D eigenvalue weighted by Gasteiger charge is -2.30. The molecule has 4 nitrogen and oxygen atoms in total.